The molecule has 0 bridgehead atoms. The fraction of sp³-hybridized carbons (Fsp3) is 0.0250. The molecule has 3 aliphatic rings. The van der Waals surface area contributed by atoms with Crippen molar-refractivity contribution >= 4 is 38.9 Å². The Hall–Kier alpha value is -10.5. The van der Waals surface area contributed by atoms with Gasteiger partial charge >= 0.3 is 0 Å². The van der Waals surface area contributed by atoms with E-state index in [1.807, 2.05) is 0 Å². The molecule has 1 unspecified atom stereocenters. The molecule has 2 nitrogen and oxygen atoms in total. The lowest BCUT2D eigenvalue weighted by atomic mass is 9.65. The lowest BCUT2D eigenvalue weighted by Crippen LogP contribution is -2.33. The smallest absolute Gasteiger partial charge is 0.0754 e. The predicted octanol–water partition coefficient (Wildman–Crippen LogP) is 20.3. The number of anilines is 3. The molecule has 1 spiro atoms. The molecule has 0 N–H and O–H groups in total. The van der Waals surface area contributed by atoms with Gasteiger partial charge in [-0.2, -0.15) is 0 Å². The Labute approximate surface area is 477 Å². The summed E-state index contributed by atoms with van der Waals surface area (Å²) >= 11 is 0. The van der Waals surface area contributed by atoms with Crippen LogP contribution in [-0.2, 0) is 10.8 Å². The summed E-state index contributed by atoms with van der Waals surface area (Å²) in [5, 5.41) is 2.57. The highest BCUT2D eigenvalue weighted by molar-refractivity contribution is 6.13. The molecule has 0 radical (unpaired) electrons. The summed E-state index contributed by atoms with van der Waals surface area (Å²) in [6.07, 6.45) is 0. The van der Waals surface area contributed by atoms with Gasteiger partial charge in [0.2, 0.25) is 0 Å². The Bertz CT molecular complexity index is 4780. The maximum absolute atomic E-state index is 2.52. The van der Waals surface area contributed by atoms with Gasteiger partial charge in [-0.3, -0.25) is 0 Å². The van der Waals surface area contributed by atoms with Gasteiger partial charge in [-0.1, -0.05) is 267 Å². The highest BCUT2D eigenvalue weighted by Gasteiger charge is 2.51. The average molecular weight is 1040 g/mol. The zero-order chi connectivity index (χ0) is 53.9. The van der Waals surface area contributed by atoms with Crippen LogP contribution in [0.15, 0.2) is 315 Å². The van der Waals surface area contributed by atoms with E-state index < -0.39 is 10.8 Å². The zero-order valence-electron chi connectivity index (χ0n) is 44.9. The summed E-state index contributed by atoms with van der Waals surface area (Å²) in [5.74, 6) is 0. The number of hydrogen-bond acceptors (Lipinski definition) is 1. The monoisotopic (exact) mass is 1040 g/mol. The van der Waals surface area contributed by atoms with Gasteiger partial charge in [0, 0.05) is 27.8 Å². The molecule has 382 valence electrons. The third-order valence-electron chi connectivity index (χ3n) is 18.3. The Morgan fingerprint density at radius 1 is 0.256 bits per heavy atom. The van der Waals surface area contributed by atoms with E-state index in [-0.39, 0.29) is 0 Å². The summed E-state index contributed by atoms with van der Waals surface area (Å²) in [6, 6.07) is 118. The van der Waals surface area contributed by atoms with Crippen LogP contribution >= 0.6 is 0 Å². The van der Waals surface area contributed by atoms with Gasteiger partial charge in [0.05, 0.1) is 27.6 Å². The molecule has 2 heteroatoms. The van der Waals surface area contributed by atoms with E-state index in [2.05, 4.69) is 325 Å². The normalized spacial score (nSPS) is 14.7. The summed E-state index contributed by atoms with van der Waals surface area (Å²) in [4.78, 5) is 2.45. The second kappa shape index (κ2) is 18.0. The molecule has 13 aromatic carbocycles. The van der Waals surface area contributed by atoms with Gasteiger partial charge in [-0.15, -0.1) is 0 Å². The molecule has 82 heavy (non-hydrogen) atoms. The lowest BCUT2D eigenvalue weighted by molar-refractivity contribution is 0.748. The minimum Gasteiger partial charge on any atom is -0.310 e. The Kier molecular flexibility index (Phi) is 10.2. The first kappa shape index (κ1) is 46.4. The van der Waals surface area contributed by atoms with Crippen molar-refractivity contribution in [1.82, 2.24) is 4.57 Å². The topological polar surface area (TPSA) is 8.17 Å². The number of rotatable bonds is 8. The third-order valence-corrected chi connectivity index (χ3v) is 18.3. The van der Waals surface area contributed by atoms with Crippen molar-refractivity contribution in [2.45, 2.75) is 10.8 Å². The summed E-state index contributed by atoms with van der Waals surface area (Å²) in [5.41, 5.74) is 28.6. The van der Waals surface area contributed by atoms with E-state index in [9.17, 15) is 0 Å². The maximum Gasteiger partial charge on any atom is 0.0754 e. The van der Waals surface area contributed by atoms with Crippen molar-refractivity contribution in [1.29, 1.82) is 0 Å². The van der Waals surface area contributed by atoms with Crippen molar-refractivity contribution in [2.75, 3.05) is 4.90 Å². The predicted molar refractivity (Wildman–Crippen MR) is 340 cm³/mol. The molecule has 14 aromatic rings. The van der Waals surface area contributed by atoms with Crippen LogP contribution < -0.4 is 4.90 Å². The molecule has 0 amide bonds. The third kappa shape index (κ3) is 6.46. The lowest BCUT2D eigenvalue weighted by Gasteiger charge is -2.39. The van der Waals surface area contributed by atoms with Crippen LogP contribution in [0.5, 0.6) is 0 Å². The molecular formula is C80H52N2. The molecule has 1 aromatic heterocycles. The standard InChI is InChI=1S/C80H52N2/c1-4-20-53(21-5-1)54-38-40-55(41-39-54)56-42-46-60(47-43-56)81(62-50-51-65-64-26-10-13-31-69(64)79(74(65)52-62,58-22-6-2-7-23-58)59-24-8-3-9-25-59)61-48-44-57(45-49-61)63-29-18-34-72-77(63)68-28-11-14-32-70(68)80(72)71-33-15-17-37-76(71)82-75-36-16-12-27-66(75)67-30-19-35-73(80)78(67)82/h1-52H. The number of hydrogen-bond donors (Lipinski definition) is 0. The second-order valence-corrected chi connectivity index (χ2v) is 22.2. The summed E-state index contributed by atoms with van der Waals surface area (Å²) in [6.45, 7) is 0. The number of para-hydroxylation sites is 3. The van der Waals surface area contributed by atoms with Crippen LogP contribution in [0.3, 0.4) is 0 Å². The summed E-state index contributed by atoms with van der Waals surface area (Å²) in [7, 11) is 0. The van der Waals surface area contributed by atoms with E-state index in [0.29, 0.717) is 0 Å². The van der Waals surface area contributed by atoms with E-state index in [4.69, 9.17) is 0 Å². The first-order valence-electron chi connectivity index (χ1n) is 28.6. The largest absolute Gasteiger partial charge is 0.310 e. The van der Waals surface area contributed by atoms with Gasteiger partial charge in [-0.25, -0.2) is 0 Å². The Morgan fingerprint density at radius 3 is 1.39 bits per heavy atom. The number of nitrogens with zero attached hydrogens (tertiary/aromatic N) is 2. The highest BCUT2D eigenvalue weighted by Crippen LogP contribution is 2.63. The Morgan fingerprint density at radius 2 is 0.707 bits per heavy atom. The van der Waals surface area contributed by atoms with E-state index >= 15 is 0 Å². The Balaban J connectivity index is 0.836. The van der Waals surface area contributed by atoms with Crippen LogP contribution in [0.25, 0.3) is 83.1 Å². The second-order valence-electron chi connectivity index (χ2n) is 22.2. The molecule has 1 atom stereocenters. The fourth-order valence-electron chi connectivity index (χ4n) is 14.9. The average Bonchev–Trinajstić information content (AvgIpc) is 1.61. The number of fused-ring (bicyclic) bond motifs is 15. The van der Waals surface area contributed by atoms with Crippen LogP contribution in [0.2, 0.25) is 0 Å². The quantitative estimate of drug-likeness (QED) is 0.147. The molecule has 2 heterocycles. The number of aromatic nitrogens is 1. The minimum absolute atomic E-state index is 0.531. The molecule has 17 rings (SSSR count). The van der Waals surface area contributed by atoms with Gasteiger partial charge in [0.15, 0.2) is 0 Å². The first-order valence-corrected chi connectivity index (χ1v) is 28.6. The van der Waals surface area contributed by atoms with E-state index in [1.165, 1.54) is 128 Å². The van der Waals surface area contributed by atoms with Gasteiger partial charge in [0.25, 0.3) is 0 Å². The van der Waals surface area contributed by atoms with Crippen LogP contribution in [-0.4, -0.2) is 4.57 Å². The molecule has 0 fully saturated rings. The molecular weight excluding hydrogens is 989 g/mol. The first-order chi connectivity index (χ1) is 40.7. The number of benzene rings is 13. The fourth-order valence-corrected chi connectivity index (χ4v) is 14.9. The van der Waals surface area contributed by atoms with Crippen molar-refractivity contribution in [3.8, 4) is 61.3 Å². The van der Waals surface area contributed by atoms with Gasteiger partial charge < -0.3 is 9.47 Å². The van der Waals surface area contributed by atoms with Crippen LogP contribution in [0, 0.1) is 0 Å². The van der Waals surface area contributed by atoms with E-state index in [0.717, 1.165) is 17.1 Å². The van der Waals surface area contributed by atoms with Crippen molar-refractivity contribution < 1.29 is 0 Å². The molecule has 1 aliphatic heterocycles. The molecule has 0 saturated heterocycles. The molecule has 2 aliphatic carbocycles. The van der Waals surface area contributed by atoms with Gasteiger partial charge in [0.1, 0.15) is 0 Å². The minimum atomic E-state index is -0.544. The molecule has 0 saturated carbocycles. The van der Waals surface area contributed by atoms with Crippen molar-refractivity contribution in [3.63, 3.8) is 0 Å². The van der Waals surface area contributed by atoms with Gasteiger partial charge in [-0.05, 0) is 149 Å². The van der Waals surface area contributed by atoms with Crippen LogP contribution in [0.1, 0.15) is 44.5 Å². The zero-order valence-corrected chi connectivity index (χ0v) is 44.9. The van der Waals surface area contributed by atoms with Crippen molar-refractivity contribution in [2.24, 2.45) is 0 Å². The maximum atomic E-state index is 2.52. The SMILES string of the molecule is c1ccc(-c2ccc(-c3ccc(N(c4ccc(-c5cccc6c5-c5ccccc5C65c6ccccc6-n6c7ccccc7c7cccc5c76)cc4)c4ccc5c(c4)C(c4ccccc4)(c4ccccc4)c4ccccc4-5)cc3)cc2)cc1. The summed E-state index contributed by atoms with van der Waals surface area (Å²) < 4.78 is 2.52. The van der Waals surface area contributed by atoms with Crippen LogP contribution in [0.4, 0.5) is 17.1 Å². The van der Waals surface area contributed by atoms with E-state index in [1.54, 1.807) is 0 Å². The van der Waals surface area contributed by atoms with Crippen molar-refractivity contribution in [3.05, 3.63) is 360 Å². The highest BCUT2D eigenvalue weighted by atomic mass is 15.1.